The predicted molar refractivity (Wildman–Crippen MR) is 104 cm³/mol. The molecular formula is C16H20N4O4S3. The van der Waals surface area contributed by atoms with Crippen LogP contribution in [-0.4, -0.2) is 71.9 Å². The number of amides is 1. The van der Waals surface area contributed by atoms with Gasteiger partial charge in [0, 0.05) is 26.2 Å². The number of carbonyl (C=O) groups excluding carboxylic acids is 1. The quantitative estimate of drug-likeness (QED) is 0.613. The van der Waals surface area contributed by atoms with Gasteiger partial charge in [-0.15, -0.1) is 10.2 Å². The molecule has 1 aromatic heterocycles. The molecule has 0 N–H and O–H groups in total. The Labute approximate surface area is 166 Å². The number of benzene rings is 1. The molecule has 1 fully saturated rings. The van der Waals surface area contributed by atoms with Gasteiger partial charge in [-0.25, -0.2) is 8.42 Å². The summed E-state index contributed by atoms with van der Waals surface area (Å²) in [6.45, 7) is 1.30. The van der Waals surface area contributed by atoms with Gasteiger partial charge in [0.15, 0.2) is 0 Å². The zero-order valence-electron chi connectivity index (χ0n) is 14.8. The van der Waals surface area contributed by atoms with Gasteiger partial charge in [0.2, 0.25) is 21.8 Å². The van der Waals surface area contributed by atoms with Crippen molar-refractivity contribution in [2.75, 3.05) is 38.2 Å². The highest BCUT2D eigenvalue weighted by atomic mass is 32.2. The molecule has 1 aliphatic heterocycles. The maximum atomic E-state index is 12.6. The first-order chi connectivity index (χ1) is 13.0. The molecule has 0 spiro atoms. The van der Waals surface area contributed by atoms with E-state index in [9.17, 15) is 13.2 Å². The standard InChI is InChI=1S/C16H20N4O4S3/c1-25-11-14-17-18-16(24-14)26-12-15(21)19-7-9-20(10-8-19)27(22,23)13-5-3-2-4-6-13/h2-6H,7-12H2,1H3. The van der Waals surface area contributed by atoms with E-state index >= 15 is 0 Å². The van der Waals surface area contributed by atoms with E-state index in [0.29, 0.717) is 30.0 Å². The Bertz CT molecular complexity index is 865. The summed E-state index contributed by atoms with van der Waals surface area (Å²) in [5.74, 6) is 1.30. The number of thioether (sulfide) groups is 2. The second-order valence-electron chi connectivity index (χ2n) is 5.78. The van der Waals surface area contributed by atoms with Crippen molar-refractivity contribution in [2.45, 2.75) is 15.9 Å². The van der Waals surface area contributed by atoms with Crippen LogP contribution in [0.5, 0.6) is 0 Å². The minimum Gasteiger partial charge on any atom is -0.415 e. The van der Waals surface area contributed by atoms with Gasteiger partial charge in [-0.05, 0) is 18.4 Å². The molecule has 0 saturated carbocycles. The van der Waals surface area contributed by atoms with Crippen LogP contribution in [0, 0.1) is 0 Å². The number of sulfonamides is 1. The van der Waals surface area contributed by atoms with Crippen molar-refractivity contribution in [3.05, 3.63) is 36.2 Å². The Hall–Kier alpha value is -1.56. The van der Waals surface area contributed by atoms with Crippen LogP contribution in [0.2, 0.25) is 0 Å². The van der Waals surface area contributed by atoms with Crippen LogP contribution in [0.3, 0.4) is 0 Å². The summed E-state index contributed by atoms with van der Waals surface area (Å²) in [7, 11) is -3.51. The number of rotatable bonds is 7. The van der Waals surface area contributed by atoms with Gasteiger partial charge >= 0.3 is 0 Å². The maximum absolute atomic E-state index is 12.6. The van der Waals surface area contributed by atoms with Crippen LogP contribution >= 0.6 is 23.5 Å². The third-order valence-electron chi connectivity index (χ3n) is 4.01. The van der Waals surface area contributed by atoms with E-state index < -0.39 is 10.0 Å². The summed E-state index contributed by atoms with van der Waals surface area (Å²) in [6, 6.07) is 8.34. The van der Waals surface area contributed by atoms with E-state index in [1.54, 1.807) is 47.0 Å². The van der Waals surface area contributed by atoms with Gasteiger partial charge in [0.1, 0.15) is 0 Å². The molecule has 1 amide bonds. The number of hydrogen-bond acceptors (Lipinski definition) is 8. The lowest BCUT2D eigenvalue weighted by Crippen LogP contribution is -2.50. The first-order valence-corrected chi connectivity index (χ1v) is 12.1. The molecule has 8 nitrogen and oxygen atoms in total. The average Bonchev–Trinajstić information content (AvgIpc) is 3.15. The zero-order valence-corrected chi connectivity index (χ0v) is 17.2. The molecule has 0 aliphatic carbocycles. The average molecular weight is 429 g/mol. The Balaban J connectivity index is 1.50. The molecule has 1 saturated heterocycles. The Morgan fingerprint density at radius 2 is 1.85 bits per heavy atom. The third-order valence-corrected chi connectivity index (χ3v) is 7.26. The van der Waals surface area contributed by atoms with Crippen molar-refractivity contribution in [3.8, 4) is 0 Å². The summed E-state index contributed by atoms with van der Waals surface area (Å²) in [5.41, 5.74) is 0. The molecule has 0 bridgehead atoms. The molecule has 1 aromatic carbocycles. The molecule has 2 heterocycles. The monoisotopic (exact) mass is 428 g/mol. The van der Waals surface area contributed by atoms with Crippen LogP contribution in [0.1, 0.15) is 5.89 Å². The topological polar surface area (TPSA) is 96.6 Å². The largest absolute Gasteiger partial charge is 0.415 e. The van der Waals surface area contributed by atoms with E-state index in [1.165, 1.54) is 16.1 Å². The van der Waals surface area contributed by atoms with E-state index in [-0.39, 0.29) is 29.6 Å². The lowest BCUT2D eigenvalue weighted by atomic mass is 10.3. The second-order valence-corrected chi connectivity index (χ2v) is 9.51. The van der Waals surface area contributed by atoms with Crippen LogP contribution < -0.4 is 0 Å². The fourth-order valence-corrected chi connectivity index (χ4v) is 5.10. The highest BCUT2D eigenvalue weighted by Crippen LogP contribution is 2.20. The number of nitrogens with zero attached hydrogens (tertiary/aromatic N) is 4. The van der Waals surface area contributed by atoms with Crippen molar-refractivity contribution in [1.29, 1.82) is 0 Å². The lowest BCUT2D eigenvalue weighted by molar-refractivity contribution is -0.129. The summed E-state index contributed by atoms with van der Waals surface area (Å²) in [6.07, 6.45) is 1.94. The van der Waals surface area contributed by atoms with Crippen LogP contribution in [0.4, 0.5) is 0 Å². The highest BCUT2D eigenvalue weighted by molar-refractivity contribution is 7.99. The SMILES string of the molecule is CSCc1nnc(SCC(=O)N2CCN(S(=O)(=O)c3ccccc3)CC2)o1. The van der Waals surface area contributed by atoms with Crippen molar-refractivity contribution in [2.24, 2.45) is 0 Å². The molecule has 0 unspecified atom stereocenters. The number of hydrogen-bond donors (Lipinski definition) is 0. The van der Waals surface area contributed by atoms with Gasteiger partial charge in [-0.1, -0.05) is 30.0 Å². The number of aromatic nitrogens is 2. The first-order valence-electron chi connectivity index (χ1n) is 8.28. The predicted octanol–water partition coefficient (Wildman–Crippen LogP) is 1.56. The van der Waals surface area contributed by atoms with E-state index in [2.05, 4.69) is 10.2 Å². The third kappa shape index (κ3) is 5.03. The van der Waals surface area contributed by atoms with Crippen molar-refractivity contribution in [1.82, 2.24) is 19.4 Å². The molecular weight excluding hydrogens is 408 g/mol. The molecule has 27 heavy (non-hydrogen) atoms. The van der Waals surface area contributed by atoms with E-state index in [0.717, 1.165) is 0 Å². The molecule has 2 aromatic rings. The number of piperazine rings is 1. The Morgan fingerprint density at radius 3 is 2.52 bits per heavy atom. The molecule has 3 rings (SSSR count). The van der Waals surface area contributed by atoms with E-state index in [4.69, 9.17) is 4.42 Å². The van der Waals surface area contributed by atoms with Gasteiger partial charge in [-0.2, -0.15) is 16.1 Å². The van der Waals surface area contributed by atoms with Crippen molar-refractivity contribution in [3.63, 3.8) is 0 Å². The minimum atomic E-state index is -3.51. The smallest absolute Gasteiger partial charge is 0.277 e. The van der Waals surface area contributed by atoms with Crippen LogP contribution in [0.25, 0.3) is 0 Å². The summed E-state index contributed by atoms with van der Waals surface area (Å²) in [4.78, 5) is 14.3. The normalized spacial score (nSPS) is 15.8. The first kappa shape index (κ1) is 20.2. The van der Waals surface area contributed by atoms with E-state index in [1.807, 2.05) is 6.26 Å². The fourth-order valence-electron chi connectivity index (χ4n) is 2.61. The minimum absolute atomic E-state index is 0.0682. The second kappa shape index (κ2) is 9.09. The van der Waals surface area contributed by atoms with Gasteiger partial charge in [0.05, 0.1) is 16.4 Å². The summed E-state index contributed by atoms with van der Waals surface area (Å²) in [5, 5.41) is 8.18. The van der Waals surface area contributed by atoms with Gasteiger partial charge in [0.25, 0.3) is 5.22 Å². The lowest BCUT2D eigenvalue weighted by Gasteiger charge is -2.33. The highest BCUT2D eigenvalue weighted by Gasteiger charge is 2.30. The maximum Gasteiger partial charge on any atom is 0.277 e. The van der Waals surface area contributed by atoms with Crippen LogP contribution in [-0.2, 0) is 20.6 Å². The Morgan fingerprint density at radius 1 is 1.15 bits per heavy atom. The number of carbonyl (C=O) groups is 1. The zero-order chi connectivity index (χ0) is 19.3. The Kier molecular flexibility index (Phi) is 6.79. The summed E-state index contributed by atoms with van der Waals surface area (Å²) >= 11 is 2.78. The van der Waals surface area contributed by atoms with Crippen molar-refractivity contribution >= 4 is 39.5 Å². The molecule has 0 radical (unpaired) electrons. The van der Waals surface area contributed by atoms with Crippen LogP contribution in [0.15, 0.2) is 44.9 Å². The van der Waals surface area contributed by atoms with Crippen molar-refractivity contribution < 1.29 is 17.6 Å². The summed E-state index contributed by atoms with van der Waals surface area (Å²) < 4.78 is 32.1. The molecule has 11 heteroatoms. The molecule has 146 valence electrons. The fraction of sp³-hybridized carbons (Fsp3) is 0.438. The molecule has 1 aliphatic rings. The molecule has 0 atom stereocenters. The van der Waals surface area contributed by atoms with Gasteiger partial charge in [-0.3, -0.25) is 4.79 Å². The van der Waals surface area contributed by atoms with Gasteiger partial charge < -0.3 is 9.32 Å².